The summed E-state index contributed by atoms with van der Waals surface area (Å²) in [6.07, 6.45) is 1.29. The van der Waals surface area contributed by atoms with Gasteiger partial charge < -0.3 is 15.4 Å². The van der Waals surface area contributed by atoms with E-state index >= 15 is 0 Å². The number of nitrogens with zero attached hydrogens (tertiary/aromatic N) is 1. The molecule has 0 bridgehead atoms. The molecule has 1 fully saturated rings. The second-order valence-electron chi connectivity index (χ2n) is 6.85. The average Bonchev–Trinajstić information content (AvgIpc) is 2.54. The lowest BCUT2D eigenvalue weighted by molar-refractivity contribution is -0.134. The van der Waals surface area contributed by atoms with E-state index in [1.54, 1.807) is 31.4 Å². The number of nitrogens with two attached hydrogens (primary N) is 1. The zero-order valence-electron chi connectivity index (χ0n) is 14.2. The topological polar surface area (TPSA) is 72.6 Å². The minimum atomic E-state index is -0.0755. The zero-order chi connectivity index (χ0) is 17.0. The van der Waals surface area contributed by atoms with Gasteiger partial charge in [-0.15, -0.1) is 0 Å². The monoisotopic (exact) mass is 318 g/mol. The summed E-state index contributed by atoms with van der Waals surface area (Å²) < 4.78 is 5.07. The predicted molar refractivity (Wildman–Crippen MR) is 89.5 cm³/mol. The summed E-state index contributed by atoms with van der Waals surface area (Å²) >= 11 is 0. The van der Waals surface area contributed by atoms with Gasteiger partial charge in [-0.05, 0) is 36.1 Å². The van der Waals surface area contributed by atoms with E-state index in [4.69, 9.17) is 10.5 Å². The molecule has 1 amide bonds. The van der Waals surface area contributed by atoms with Gasteiger partial charge in [-0.1, -0.05) is 13.8 Å². The van der Waals surface area contributed by atoms with Crippen LogP contribution in [-0.4, -0.2) is 42.8 Å². The van der Waals surface area contributed by atoms with Crippen molar-refractivity contribution in [2.45, 2.75) is 39.2 Å². The number of methoxy groups -OCH3 is 1. The van der Waals surface area contributed by atoms with Crippen LogP contribution in [0.1, 0.15) is 43.5 Å². The molecule has 1 aliphatic rings. The van der Waals surface area contributed by atoms with Crippen LogP contribution < -0.4 is 10.5 Å². The molecule has 1 unspecified atom stereocenters. The first kappa shape index (κ1) is 17.5. The highest BCUT2D eigenvalue weighted by Gasteiger charge is 2.35. The van der Waals surface area contributed by atoms with Gasteiger partial charge in [-0.25, -0.2) is 0 Å². The fourth-order valence-electron chi connectivity index (χ4n) is 2.89. The van der Waals surface area contributed by atoms with Gasteiger partial charge in [0.25, 0.3) is 0 Å². The van der Waals surface area contributed by atoms with Crippen LogP contribution in [0.15, 0.2) is 24.3 Å². The highest BCUT2D eigenvalue weighted by atomic mass is 16.5. The van der Waals surface area contributed by atoms with Crippen molar-refractivity contribution in [3.05, 3.63) is 29.8 Å². The van der Waals surface area contributed by atoms with Gasteiger partial charge in [0, 0.05) is 37.5 Å². The maximum absolute atomic E-state index is 12.3. The van der Waals surface area contributed by atoms with Crippen molar-refractivity contribution in [1.29, 1.82) is 0 Å². The highest BCUT2D eigenvalue weighted by Crippen LogP contribution is 2.28. The molecule has 1 aliphatic heterocycles. The Morgan fingerprint density at radius 3 is 2.48 bits per heavy atom. The number of benzene rings is 1. The molecule has 5 nitrogen and oxygen atoms in total. The van der Waals surface area contributed by atoms with Crippen LogP contribution in [0.3, 0.4) is 0 Å². The lowest BCUT2D eigenvalue weighted by Crippen LogP contribution is -2.54. The number of carbonyl (C=O) groups excluding carboxylic acids is 2. The van der Waals surface area contributed by atoms with Gasteiger partial charge >= 0.3 is 0 Å². The summed E-state index contributed by atoms with van der Waals surface area (Å²) in [7, 11) is 1.58. The Hall–Kier alpha value is -1.88. The summed E-state index contributed by atoms with van der Waals surface area (Å²) in [5, 5.41) is 0. The number of ketones is 1. The Labute approximate surface area is 137 Å². The van der Waals surface area contributed by atoms with Crippen LogP contribution >= 0.6 is 0 Å². The molecule has 5 heteroatoms. The molecule has 1 atom stereocenters. The third kappa shape index (κ3) is 4.32. The Morgan fingerprint density at radius 1 is 1.26 bits per heavy atom. The minimum absolute atomic E-state index is 0.0195. The van der Waals surface area contributed by atoms with Gasteiger partial charge in [0.05, 0.1) is 7.11 Å². The highest BCUT2D eigenvalue weighted by molar-refractivity contribution is 5.98. The van der Waals surface area contributed by atoms with Crippen LogP contribution in [0, 0.1) is 5.41 Å². The molecule has 1 saturated heterocycles. The second-order valence-corrected chi connectivity index (χ2v) is 6.85. The van der Waals surface area contributed by atoms with E-state index in [0.29, 0.717) is 24.4 Å². The summed E-state index contributed by atoms with van der Waals surface area (Å²) in [4.78, 5) is 26.4. The number of rotatable bonds is 5. The van der Waals surface area contributed by atoms with E-state index in [-0.39, 0.29) is 36.0 Å². The molecule has 0 aliphatic carbocycles. The van der Waals surface area contributed by atoms with Crippen LogP contribution in [0.25, 0.3) is 0 Å². The van der Waals surface area contributed by atoms with Gasteiger partial charge in [-0.2, -0.15) is 0 Å². The van der Waals surface area contributed by atoms with Crippen LogP contribution in [-0.2, 0) is 4.79 Å². The second kappa shape index (κ2) is 7.13. The van der Waals surface area contributed by atoms with Crippen molar-refractivity contribution in [2.75, 3.05) is 20.2 Å². The van der Waals surface area contributed by atoms with Crippen LogP contribution in [0.4, 0.5) is 0 Å². The van der Waals surface area contributed by atoms with Gasteiger partial charge in [-0.3, -0.25) is 9.59 Å². The molecular weight excluding hydrogens is 292 g/mol. The molecule has 126 valence electrons. The maximum atomic E-state index is 12.3. The van der Waals surface area contributed by atoms with Gasteiger partial charge in [0.15, 0.2) is 5.78 Å². The van der Waals surface area contributed by atoms with E-state index in [9.17, 15) is 9.59 Å². The largest absolute Gasteiger partial charge is 0.497 e. The molecule has 0 aromatic heterocycles. The van der Waals surface area contributed by atoms with Crippen molar-refractivity contribution in [3.8, 4) is 5.75 Å². The van der Waals surface area contributed by atoms with Crippen LogP contribution in [0.2, 0.25) is 0 Å². The van der Waals surface area contributed by atoms with Crippen molar-refractivity contribution < 1.29 is 14.3 Å². The van der Waals surface area contributed by atoms with Crippen molar-refractivity contribution in [3.63, 3.8) is 0 Å². The molecular formula is C18H26N2O3. The predicted octanol–water partition coefficient (Wildman–Crippen LogP) is 2.24. The molecule has 1 aromatic carbocycles. The quantitative estimate of drug-likeness (QED) is 0.845. The first-order valence-corrected chi connectivity index (χ1v) is 8.04. The molecule has 0 saturated carbocycles. The molecule has 23 heavy (non-hydrogen) atoms. The normalized spacial score (nSPS) is 20.2. The Bertz CT molecular complexity index is 566. The molecule has 0 radical (unpaired) electrons. The number of Topliss-reactive ketones (excluding diaryl/α,β-unsaturated/α-hetero) is 1. The molecule has 2 rings (SSSR count). The molecule has 2 N–H and O–H groups in total. The fourth-order valence-corrected chi connectivity index (χ4v) is 2.89. The lowest BCUT2D eigenvalue weighted by atomic mass is 9.79. The number of hydrogen-bond donors (Lipinski definition) is 1. The SMILES string of the molecule is COc1ccc(C(=O)CCC(=O)N2CCC(N)C(C)(C)C2)cc1. The molecule has 1 heterocycles. The summed E-state index contributed by atoms with van der Waals surface area (Å²) in [6.45, 7) is 5.50. The van der Waals surface area contributed by atoms with E-state index in [1.807, 2.05) is 4.90 Å². The Morgan fingerprint density at radius 2 is 1.91 bits per heavy atom. The number of likely N-dealkylation sites (tertiary alicyclic amines) is 1. The van der Waals surface area contributed by atoms with Crippen molar-refractivity contribution in [1.82, 2.24) is 4.90 Å². The van der Waals surface area contributed by atoms with Crippen molar-refractivity contribution in [2.24, 2.45) is 11.1 Å². The summed E-state index contributed by atoms with van der Waals surface area (Å²) in [5.74, 6) is 0.727. The fraction of sp³-hybridized carbons (Fsp3) is 0.556. The van der Waals surface area contributed by atoms with Gasteiger partial charge in [0.2, 0.25) is 5.91 Å². The van der Waals surface area contributed by atoms with E-state index in [1.165, 1.54) is 0 Å². The summed E-state index contributed by atoms with van der Waals surface area (Å²) in [5.41, 5.74) is 6.63. The summed E-state index contributed by atoms with van der Waals surface area (Å²) in [6, 6.07) is 7.09. The number of carbonyl (C=O) groups is 2. The average molecular weight is 318 g/mol. The van der Waals surface area contributed by atoms with Gasteiger partial charge in [0.1, 0.15) is 5.75 Å². The molecule has 1 aromatic rings. The first-order chi connectivity index (χ1) is 10.8. The van der Waals surface area contributed by atoms with E-state index < -0.39 is 0 Å². The zero-order valence-corrected chi connectivity index (χ0v) is 14.2. The Kier molecular flexibility index (Phi) is 5.42. The van der Waals surface area contributed by atoms with E-state index in [0.717, 1.165) is 6.42 Å². The number of amides is 1. The third-order valence-corrected chi connectivity index (χ3v) is 4.64. The van der Waals surface area contributed by atoms with Crippen LogP contribution in [0.5, 0.6) is 5.75 Å². The third-order valence-electron chi connectivity index (χ3n) is 4.64. The standard InChI is InChI=1S/C18H26N2O3/c1-18(2)12-20(11-10-16(18)19)17(22)9-8-15(21)13-4-6-14(23-3)7-5-13/h4-7,16H,8-12,19H2,1-3H3. The lowest BCUT2D eigenvalue weighted by Gasteiger charge is -2.42. The van der Waals surface area contributed by atoms with Crippen molar-refractivity contribution >= 4 is 11.7 Å². The number of ether oxygens (including phenoxy) is 1. The number of hydrogen-bond acceptors (Lipinski definition) is 4. The smallest absolute Gasteiger partial charge is 0.223 e. The maximum Gasteiger partial charge on any atom is 0.223 e. The Balaban J connectivity index is 1.87. The minimum Gasteiger partial charge on any atom is -0.497 e. The first-order valence-electron chi connectivity index (χ1n) is 8.04. The number of piperidine rings is 1. The molecule has 0 spiro atoms. The van der Waals surface area contributed by atoms with E-state index in [2.05, 4.69) is 13.8 Å².